The largest absolute Gasteiger partial charge is 0.324 e. The van der Waals surface area contributed by atoms with Crippen molar-refractivity contribution in [1.82, 2.24) is 0 Å². The van der Waals surface area contributed by atoms with Crippen molar-refractivity contribution >= 4 is 0 Å². The van der Waals surface area contributed by atoms with Gasteiger partial charge in [0.1, 0.15) is 0 Å². The summed E-state index contributed by atoms with van der Waals surface area (Å²) in [6.07, 6.45) is 0. The van der Waals surface area contributed by atoms with Crippen molar-refractivity contribution in [3.63, 3.8) is 0 Å². The van der Waals surface area contributed by atoms with Gasteiger partial charge in [0.05, 0.1) is 0 Å². The minimum atomic E-state index is 0.149. The molecule has 0 heterocycles. The van der Waals surface area contributed by atoms with Gasteiger partial charge in [-0.2, -0.15) is 0 Å². The topological polar surface area (TPSA) is 26.0 Å². The monoisotopic (exact) mass is 149 g/mol. The standard InChI is InChI=1S/C10H15N/c1-7-5-4-6-8(2)10(7)9(3)11/h4-6,9H,11H2,1-3H3/t9-/m0/s1. The van der Waals surface area contributed by atoms with Crippen LogP contribution in [0.15, 0.2) is 18.2 Å². The summed E-state index contributed by atoms with van der Waals surface area (Å²) in [6.45, 7) is 6.23. The van der Waals surface area contributed by atoms with Crippen molar-refractivity contribution in [1.29, 1.82) is 0 Å². The van der Waals surface area contributed by atoms with Gasteiger partial charge in [0.2, 0.25) is 0 Å². The maximum Gasteiger partial charge on any atom is 0.0271 e. The van der Waals surface area contributed by atoms with Crippen LogP contribution in [-0.4, -0.2) is 0 Å². The zero-order chi connectivity index (χ0) is 8.43. The van der Waals surface area contributed by atoms with Gasteiger partial charge < -0.3 is 5.73 Å². The van der Waals surface area contributed by atoms with E-state index in [0.29, 0.717) is 0 Å². The first-order valence-corrected chi connectivity index (χ1v) is 3.94. The number of hydrogen-bond acceptors (Lipinski definition) is 1. The fraction of sp³-hybridized carbons (Fsp3) is 0.400. The Labute approximate surface area is 68.2 Å². The van der Waals surface area contributed by atoms with Crippen molar-refractivity contribution < 1.29 is 0 Å². The second kappa shape index (κ2) is 3.05. The Morgan fingerprint density at radius 3 is 1.91 bits per heavy atom. The molecule has 0 saturated carbocycles. The van der Waals surface area contributed by atoms with Gasteiger partial charge in [-0.15, -0.1) is 0 Å². The highest BCUT2D eigenvalue weighted by Crippen LogP contribution is 2.18. The summed E-state index contributed by atoms with van der Waals surface area (Å²) in [5.41, 5.74) is 9.68. The van der Waals surface area contributed by atoms with Crippen molar-refractivity contribution in [3.05, 3.63) is 34.9 Å². The second-order valence-corrected chi connectivity index (χ2v) is 3.09. The van der Waals surface area contributed by atoms with E-state index in [9.17, 15) is 0 Å². The highest BCUT2D eigenvalue weighted by molar-refractivity contribution is 5.35. The molecule has 0 amide bonds. The number of aryl methyl sites for hydroxylation is 2. The number of hydrogen-bond donors (Lipinski definition) is 1. The number of nitrogens with two attached hydrogens (primary N) is 1. The van der Waals surface area contributed by atoms with E-state index in [0.717, 1.165) is 0 Å². The Balaban J connectivity index is 3.21. The van der Waals surface area contributed by atoms with Crippen LogP contribution < -0.4 is 5.73 Å². The van der Waals surface area contributed by atoms with Gasteiger partial charge in [0.15, 0.2) is 0 Å². The number of benzene rings is 1. The molecule has 0 aliphatic rings. The van der Waals surface area contributed by atoms with Gasteiger partial charge >= 0.3 is 0 Å². The second-order valence-electron chi connectivity index (χ2n) is 3.09. The molecule has 1 aromatic rings. The molecule has 0 spiro atoms. The van der Waals surface area contributed by atoms with Crippen molar-refractivity contribution in [2.24, 2.45) is 5.73 Å². The van der Waals surface area contributed by atoms with Crippen LogP contribution >= 0.6 is 0 Å². The molecule has 0 aliphatic carbocycles. The molecule has 0 aromatic heterocycles. The smallest absolute Gasteiger partial charge is 0.0271 e. The van der Waals surface area contributed by atoms with Gasteiger partial charge in [-0.05, 0) is 37.5 Å². The molecule has 1 atom stereocenters. The van der Waals surface area contributed by atoms with E-state index in [2.05, 4.69) is 32.0 Å². The molecule has 0 unspecified atom stereocenters. The maximum absolute atomic E-state index is 5.82. The van der Waals surface area contributed by atoms with E-state index in [1.54, 1.807) is 0 Å². The predicted octanol–water partition coefficient (Wildman–Crippen LogP) is 2.32. The molecular weight excluding hydrogens is 134 g/mol. The molecule has 1 aromatic carbocycles. The fourth-order valence-corrected chi connectivity index (χ4v) is 1.55. The van der Waals surface area contributed by atoms with Gasteiger partial charge in [-0.3, -0.25) is 0 Å². The van der Waals surface area contributed by atoms with Crippen LogP contribution in [0.2, 0.25) is 0 Å². The van der Waals surface area contributed by atoms with E-state index in [1.165, 1.54) is 16.7 Å². The van der Waals surface area contributed by atoms with Crippen LogP contribution in [0.25, 0.3) is 0 Å². The summed E-state index contributed by atoms with van der Waals surface area (Å²) in [5, 5.41) is 0. The van der Waals surface area contributed by atoms with Crippen LogP contribution in [-0.2, 0) is 0 Å². The Hall–Kier alpha value is -0.820. The normalized spacial score (nSPS) is 13.1. The molecule has 0 saturated heterocycles. The van der Waals surface area contributed by atoms with Crippen LogP contribution in [0, 0.1) is 13.8 Å². The lowest BCUT2D eigenvalue weighted by molar-refractivity contribution is 0.801. The first-order valence-electron chi connectivity index (χ1n) is 3.94. The SMILES string of the molecule is Cc1cccc(C)c1[C@H](C)N. The van der Waals surface area contributed by atoms with E-state index in [4.69, 9.17) is 5.73 Å². The third-order valence-corrected chi connectivity index (χ3v) is 2.00. The van der Waals surface area contributed by atoms with E-state index >= 15 is 0 Å². The molecule has 0 aliphatic heterocycles. The molecule has 0 radical (unpaired) electrons. The maximum atomic E-state index is 5.82. The quantitative estimate of drug-likeness (QED) is 0.651. The summed E-state index contributed by atoms with van der Waals surface area (Å²) in [6, 6.07) is 6.42. The molecule has 1 rings (SSSR count). The summed E-state index contributed by atoms with van der Waals surface area (Å²) >= 11 is 0. The summed E-state index contributed by atoms with van der Waals surface area (Å²) in [4.78, 5) is 0. The van der Waals surface area contributed by atoms with Crippen molar-refractivity contribution in [2.45, 2.75) is 26.8 Å². The highest BCUT2D eigenvalue weighted by atomic mass is 14.6. The molecule has 2 N–H and O–H groups in total. The lowest BCUT2D eigenvalue weighted by Gasteiger charge is -2.12. The van der Waals surface area contributed by atoms with Crippen LogP contribution in [0.1, 0.15) is 29.7 Å². The summed E-state index contributed by atoms with van der Waals surface area (Å²) < 4.78 is 0. The van der Waals surface area contributed by atoms with Gasteiger partial charge in [-0.25, -0.2) is 0 Å². The minimum absolute atomic E-state index is 0.149. The first kappa shape index (κ1) is 8.28. The lowest BCUT2D eigenvalue weighted by atomic mass is 9.98. The van der Waals surface area contributed by atoms with Gasteiger partial charge in [-0.1, -0.05) is 18.2 Å². The molecule has 1 nitrogen and oxygen atoms in total. The van der Waals surface area contributed by atoms with Crippen molar-refractivity contribution in [3.8, 4) is 0 Å². The highest BCUT2D eigenvalue weighted by Gasteiger charge is 2.04. The molecule has 11 heavy (non-hydrogen) atoms. The Morgan fingerprint density at radius 2 is 1.64 bits per heavy atom. The Kier molecular flexibility index (Phi) is 2.30. The zero-order valence-electron chi connectivity index (χ0n) is 7.39. The number of rotatable bonds is 1. The van der Waals surface area contributed by atoms with Gasteiger partial charge in [0, 0.05) is 6.04 Å². The average Bonchev–Trinajstić information content (AvgIpc) is 1.85. The third kappa shape index (κ3) is 1.60. The summed E-state index contributed by atoms with van der Waals surface area (Å²) in [7, 11) is 0. The summed E-state index contributed by atoms with van der Waals surface area (Å²) in [5.74, 6) is 0. The molecule has 0 fully saturated rings. The third-order valence-electron chi connectivity index (χ3n) is 2.00. The Morgan fingerprint density at radius 1 is 1.18 bits per heavy atom. The van der Waals surface area contributed by atoms with Crippen LogP contribution in [0.5, 0.6) is 0 Å². The van der Waals surface area contributed by atoms with E-state index in [1.807, 2.05) is 6.92 Å². The fourth-order valence-electron chi connectivity index (χ4n) is 1.55. The zero-order valence-corrected chi connectivity index (χ0v) is 7.39. The van der Waals surface area contributed by atoms with Crippen LogP contribution in [0.3, 0.4) is 0 Å². The first-order chi connectivity index (χ1) is 5.13. The van der Waals surface area contributed by atoms with Gasteiger partial charge in [0.25, 0.3) is 0 Å². The molecule has 1 heteroatoms. The van der Waals surface area contributed by atoms with Crippen molar-refractivity contribution in [2.75, 3.05) is 0 Å². The molecular formula is C10H15N. The molecule has 0 bridgehead atoms. The lowest BCUT2D eigenvalue weighted by Crippen LogP contribution is -2.08. The van der Waals surface area contributed by atoms with Crippen LogP contribution in [0.4, 0.5) is 0 Å². The van der Waals surface area contributed by atoms with E-state index in [-0.39, 0.29) is 6.04 Å². The Bertz CT molecular complexity index is 231. The van der Waals surface area contributed by atoms with E-state index < -0.39 is 0 Å². The average molecular weight is 149 g/mol. The predicted molar refractivity (Wildman–Crippen MR) is 48.5 cm³/mol. The minimum Gasteiger partial charge on any atom is -0.324 e. The molecule has 60 valence electrons.